The maximum absolute atomic E-state index is 3.95. The van der Waals surface area contributed by atoms with E-state index in [-0.39, 0.29) is 18.2 Å². The lowest BCUT2D eigenvalue weighted by Crippen LogP contribution is -2.37. The second kappa shape index (κ2) is 12.8. The van der Waals surface area contributed by atoms with Crippen LogP contribution in [0.3, 0.4) is 0 Å². The van der Waals surface area contributed by atoms with Gasteiger partial charge in [-0.05, 0) is 112 Å². The van der Waals surface area contributed by atoms with Crippen LogP contribution in [0, 0.1) is 0 Å². The first-order chi connectivity index (χ1) is 26.8. The maximum atomic E-state index is 3.95. The van der Waals surface area contributed by atoms with E-state index in [1.54, 1.807) is 0 Å². The fraction of sp³-hybridized carbons (Fsp3) is 0.160. The molecule has 3 aliphatic carbocycles. The molecule has 4 nitrogen and oxygen atoms in total. The van der Waals surface area contributed by atoms with Crippen LogP contribution in [-0.2, 0) is 0 Å². The van der Waals surface area contributed by atoms with Crippen molar-refractivity contribution >= 4 is 28.3 Å². The number of hydrogen-bond acceptors (Lipinski definition) is 4. The van der Waals surface area contributed by atoms with Crippen LogP contribution >= 0.6 is 0 Å². The Hall–Kier alpha value is -6.10. The van der Waals surface area contributed by atoms with Crippen molar-refractivity contribution in [3.63, 3.8) is 0 Å². The lowest BCUT2D eigenvalue weighted by Gasteiger charge is -2.36. The van der Waals surface area contributed by atoms with E-state index in [1.807, 2.05) is 0 Å². The normalized spacial score (nSPS) is 24.6. The molecule has 3 heterocycles. The fourth-order valence-corrected chi connectivity index (χ4v) is 9.82. The van der Waals surface area contributed by atoms with E-state index >= 15 is 0 Å². The molecule has 54 heavy (non-hydrogen) atoms. The number of nitrogens with zero attached hydrogens (tertiary/aromatic N) is 2. The molecule has 0 saturated carbocycles. The molecule has 5 unspecified atom stereocenters. The van der Waals surface area contributed by atoms with Gasteiger partial charge in [0, 0.05) is 34.4 Å². The van der Waals surface area contributed by atoms with Crippen LogP contribution in [0.15, 0.2) is 193 Å². The number of rotatable bonds is 5. The molecular formula is C50H42N4. The predicted octanol–water partition coefficient (Wildman–Crippen LogP) is 11.4. The standard InChI is InChI=1S/C50H42N4/c1-3-14-33(15-4-1)49-41-22-7-10-23-44(41)51-50(52-49)36-16-13-19-38(30-36)54-46-25-12-9-21-40(46)43-32-35(27-29-48(43)54)34-26-28-47-42(31-34)39-20-8-11-24-45(39)53(47)37-17-5-2-6-18-37/h1-23,25,27,29-32,40,45-46,49-52H,24,26,28H2. The van der Waals surface area contributed by atoms with Gasteiger partial charge < -0.3 is 15.1 Å². The Labute approximate surface area is 317 Å². The van der Waals surface area contributed by atoms with Crippen molar-refractivity contribution in [3.8, 4) is 0 Å². The van der Waals surface area contributed by atoms with Crippen molar-refractivity contribution in [2.24, 2.45) is 0 Å². The molecule has 0 aromatic heterocycles. The van der Waals surface area contributed by atoms with E-state index in [4.69, 9.17) is 0 Å². The van der Waals surface area contributed by atoms with E-state index in [9.17, 15) is 0 Å². The van der Waals surface area contributed by atoms with Gasteiger partial charge in [-0.2, -0.15) is 0 Å². The summed E-state index contributed by atoms with van der Waals surface area (Å²) in [6.07, 6.45) is 21.8. The van der Waals surface area contributed by atoms with Crippen LogP contribution in [0.5, 0.6) is 0 Å². The minimum absolute atomic E-state index is 0.0349. The highest BCUT2D eigenvalue weighted by atomic mass is 15.2. The van der Waals surface area contributed by atoms with E-state index in [2.05, 4.69) is 196 Å². The number of fused-ring (bicyclic) bond motifs is 6. The molecule has 0 bridgehead atoms. The van der Waals surface area contributed by atoms with Crippen LogP contribution in [-0.4, -0.2) is 12.1 Å². The molecule has 5 atom stereocenters. The Morgan fingerprint density at radius 2 is 1.43 bits per heavy atom. The van der Waals surface area contributed by atoms with Crippen molar-refractivity contribution in [1.82, 2.24) is 5.32 Å². The number of allylic oxidation sites excluding steroid dienone is 7. The Bertz CT molecular complexity index is 2470. The average Bonchev–Trinajstić information content (AvgIpc) is 3.76. The van der Waals surface area contributed by atoms with Gasteiger partial charge in [-0.15, -0.1) is 0 Å². The summed E-state index contributed by atoms with van der Waals surface area (Å²) in [6, 6.07) is 47.5. The minimum Gasteiger partial charge on any atom is -0.366 e. The smallest absolute Gasteiger partial charge is 0.104 e. The highest BCUT2D eigenvalue weighted by Gasteiger charge is 2.40. The molecule has 11 rings (SSSR count). The van der Waals surface area contributed by atoms with Gasteiger partial charge in [0.1, 0.15) is 6.17 Å². The maximum Gasteiger partial charge on any atom is 0.104 e. The van der Waals surface area contributed by atoms with Gasteiger partial charge in [0.15, 0.2) is 0 Å². The van der Waals surface area contributed by atoms with Gasteiger partial charge in [0.05, 0.1) is 18.1 Å². The number of benzene rings is 5. The third-order valence-electron chi connectivity index (χ3n) is 12.3. The molecule has 0 amide bonds. The third-order valence-corrected chi connectivity index (χ3v) is 12.3. The number of anilines is 4. The number of para-hydroxylation sites is 2. The van der Waals surface area contributed by atoms with Gasteiger partial charge in [-0.1, -0.05) is 127 Å². The largest absolute Gasteiger partial charge is 0.366 e. The lowest BCUT2D eigenvalue weighted by molar-refractivity contribution is 0.506. The zero-order valence-corrected chi connectivity index (χ0v) is 30.1. The van der Waals surface area contributed by atoms with Crippen molar-refractivity contribution in [2.45, 2.75) is 49.5 Å². The molecule has 5 aromatic carbocycles. The SMILES string of the molecule is C1=CCC2C(=C1)C1=C(CCC(c3ccc4c(c3)C3C=CC=CC3N4c3cccc(C4Nc5ccccc5C(c5ccccc5)N4)c3)=C1)N2c1ccccc1. The molecule has 3 aliphatic heterocycles. The van der Waals surface area contributed by atoms with Crippen molar-refractivity contribution in [1.29, 1.82) is 0 Å². The van der Waals surface area contributed by atoms with Gasteiger partial charge in [-0.3, -0.25) is 5.32 Å². The monoisotopic (exact) mass is 698 g/mol. The minimum atomic E-state index is -0.0349. The van der Waals surface area contributed by atoms with Crippen LogP contribution in [0.4, 0.5) is 22.7 Å². The van der Waals surface area contributed by atoms with Crippen LogP contribution in [0.25, 0.3) is 5.57 Å². The first-order valence-electron chi connectivity index (χ1n) is 19.5. The molecule has 0 fully saturated rings. The lowest BCUT2D eigenvalue weighted by atomic mass is 9.86. The van der Waals surface area contributed by atoms with E-state index in [0.717, 1.165) is 19.3 Å². The summed E-state index contributed by atoms with van der Waals surface area (Å²) in [6.45, 7) is 0. The molecule has 0 spiro atoms. The van der Waals surface area contributed by atoms with Gasteiger partial charge in [0.2, 0.25) is 0 Å². The zero-order valence-electron chi connectivity index (χ0n) is 30.1. The Kier molecular flexibility index (Phi) is 7.44. The van der Waals surface area contributed by atoms with Gasteiger partial charge in [-0.25, -0.2) is 0 Å². The summed E-state index contributed by atoms with van der Waals surface area (Å²) < 4.78 is 0. The van der Waals surface area contributed by atoms with Crippen LogP contribution < -0.4 is 20.4 Å². The number of nitrogens with one attached hydrogen (secondary N) is 2. The first kappa shape index (κ1) is 31.4. The predicted molar refractivity (Wildman–Crippen MR) is 223 cm³/mol. The Morgan fingerprint density at radius 1 is 0.630 bits per heavy atom. The summed E-state index contributed by atoms with van der Waals surface area (Å²) in [5.74, 6) is 0.295. The first-order valence-corrected chi connectivity index (χ1v) is 19.5. The van der Waals surface area contributed by atoms with Crippen molar-refractivity contribution < 1.29 is 0 Å². The van der Waals surface area contributed by atoms with E-state index < -0.39 is 0 Å². The zero-order chi connectivity index (χ0) is 35.6. The molecule has 0 radical (unpaired) electrons. The fourth-order valence-electron chi connectivity index (χ4n) is 9.82. The molecule has 4 heteroatoms. The third kappa shape index (κ3) is 5.08. The quantitative estimate of drug-likeness (QED) is 0.191. The number of hydrogen-bond donors (Lipinski definition) is 2. The molecular weight excluding hydrogens is 657 g/mol. The second-order valence-corrected chi connectivity index (χ2v) is 15.2. The summed E-state index contributed by atoms with van der Waals surface area (Å²) in [5, 5.41) is 7.77. The van der Waals surface area contributed by atoms with Gasteiger partial charge in [0.25, 0.3) is 0 Å². The summed E-state index contributed by atoms with van der Waals surface area (Å²) >= 11 is 0. The summed E-state index contributed by atoms with van der Waals surface area (Å²) in [7, 11) is 0. The molecule has 2 N–H and O–H groups in total. The van der Waals surface area contributed by atoms with E-state index in [1.165, 1.54) is 73.0 Å². The molecule has 0 saturated heterocycles. The Balaban J connectivity index is 0.940. The molecule has 262 valence electrons. The average molecular weight is 699 g/mol. The molecule has 5 aromatic rings. The Morgan fingerprint density at radius 3 is 2.33 bits per heavy atom. The van der Waals surface area contributed by atoms with E-state index in [0.29, 0.717) is 12.0 Å². The topological polar surface area (TPSA) is 30.5 Å². The van der Waals surface area contributed by atoms with Crippen molar-refractivity contribution in [2.75, 3.05) is 15.1 Å². The van der Waals surface area contributed by atoms with Crippen molar-refractivity contribution in [3.05, 3.63) is 221 Å². The highest BCUT2D eigenvalue weighted by Crippen LogP contribution is 2.51. The summed E-state index contributed by atoms with van der Waals surface area (Å²) in [4.78, 5) is 5.17. The van der Waals surface area contributed by atoms with Crippen LogP contribution in [0.2, 0.25) is 0 Å². The summed E-state index contributed by atoms with van der Waals surface area (Å²) in [5.41, 5.74) is 17.3. The van der Waals surface area contributed by atoms with Gasteiger partial charge >= 0.3 is 0 Å². The second-order valence-electron chi connectivity index (χ2n) is 15.2. The molecule has 6 aliphatic rings. The van der Waals surface area contributed by atoms with Crippen LogP contribution in [0.1, 0.15) is 65.2 Å². The highest BCUT2D eigenvalue weighted by molar-refractivity contribution is 5.82.